The van der Waals surface area contributed by atoms with E-state index in [1.165, 1.54) is 18.2 Å². The van der Waals surface area contributed by atoms with Gasteiger partial charge in [0.05, 0.1) is 5.75 Å². The zero-order chi connectivity index (χ0) is 17.0. The zero-order valence-corrected chi connectivity index (χ0v) is 13.3. The summed E-state index contributed by atoms with van der Waals surface area (Å²) in [5.74, 6) is -1.07. The van der Waals surface area contributed by atoms with Gasteiger partial charge >= 0.3 is 0 Å². The van der Waals surface area contributed by atoms with Crippen LogP contribution in [0.2, 0.25) is 5.02 Å². The molecule has 0 saturated heterocycles. The van der Waals surface area contributed by atoms with Gasteiger partial charge in [-0.05, 0) is 41.5 Å². The number of aromatic hydroxyl groups is 2. The van der Waals surface area contributed by atoms with Crippen LogP contribution in [0.4, 0.5) is 0 Å². The van der Waals surface area contributed by atoms with Gasteiger partial charge in [0.2, 0.25) is 0 Å². The molecule has 118 valence electrons. The Morgan fingerprint density at radius 2 is 1.78 bits per heavy atom. The average Bonchev–Trinajstić information content (AvgIpc) is 2.50. The molecule has 0 saturated carbocycles. The van der Waals surface area contributed by atoms with Crippen molar-refractivity contribution < 1.29 is 18.6 Å². The van der Waals surface area contributed by atoms with Crippen LogP contribution in [0, 0.1) is 11.3 Å². The molecule has 0 unspecified atom stereocenters. The van der Waals surface area contributed by atoms with Gasteiger partial charge in [0.15, 0.2) is 21.3 Å². The van der Waals surface area contributed by atoms with E-state index in [-0.39, 0.29) is 17.1 Å². The molecule has 0 fully saturated rings. The molecule has 23 heavy (non-hydrogen) atoms. The van der Waals surface area contributed by atoms with Crippen molar-refractivity contribution in [2.24, 2.45) is 0 Å². The minimum Gasteiger partial charge on any atom is -0.504 e. The van der Waals surface area contributed by atoms with Crippen LogP contribution in [0.1, 0.15) is 11.1 Å². The van der Waals surface area contributed by atoms with Gasteiger partial charge in [-0.25, -0.2) is 8.42 Å². The Hall–Kier alpha value is -2.49. The monoisotopic (exact) mass is 349 g/mol. The van der Waals surface area contributed by atoms with Gasteiger partial charge in [-0.2, -0.15) is 5.26 Å². The lowest BCUT2D eigenvalue weighted by Gasteiger charge is -2.04. The maximum Gasteiger partial charge on any atom is 0.192 e. The maximum absolute atomic E-state index is 12.3. The molecule has 0 spiro atoms. The summed E-state index contributed by atoms with van der Waals surface area (Å²) in [5, 5.41) is 28.3. The molecule has 0 aliphatic heterocycles. The number of allylic oxidation sites excluding steroid dienone is 1. The van der Waals surface area contributed by atoms with Crippen LogP contribution < -0.4 is 0 Å². The summed E-state index contributed by atoms with van der Waals surface area (Å²) in [5.41, 5.74) is 0.792. The van der Waals surface area contributed by atoms with Crippen molar-refractivity contribution >= 4 is 27.5 Å². The summed E-state index contributed by atoms with van der Waals surface area (Å²) in [7, 11) is -3.85. The highest BCUT2D eigenvalue weighted by Crippen LogP contribution is 2.27. The fourth-order valence-electron chi connectivity index (χ4n) is 1.85. The molecule has 5 nitrogen and oxygen atoms in total. The Kier molecular flexibility index (Phi) is 4.94. The molecule has 0 aromatic heterocycles. The van der Waals surface area contributed by atoms with E-state index in [1.54, 1.807) is 30.3 Å². The molecule has 0 radical (unpaired) electrons. The molecule has 0 atom stereocenters. The molecule has 0 aliphatic carbocycles. The Morgan fingerprint density at radius 1 is 1.13 bits per heavy atom. The zero-order valence-electron chi connectivity index (χ0n) is 11.8. The third-order valence-corrected chi connectivity index (χ3v) is 4.86. The number of hydrogen-bond donors (Lipinski definition) is 2. The first-order valence-electron chi connectivity index (χ1n) is 6.43. The molecule has 0 bridgehead atoms. The minimum atomic E-state index is -3.85. The molecule has 2 N–H and O–H groups in total. The van der Waals surface area contributed by atoms with E-state index < -0.39 is 20.5 Å². The van der Waals surface area contributed by atoms with Crippen LogP contribution in [0.25, 0.3) is 6.08 Å². The quantitative estimate of drug-likeness (QED) is 0.652. The van der Waals surface area contributed by atoms with Gasteiger partial charge in [-0.1, -0.05) is 29.8 Å². The second-order valence-electron chi connectivity index (χ2n) is 4.75. The van der Waals surface area contributed by atoms with Crippen molar-refractivity contribution in [3.8, 4) is 17.6 Å². The predicted octanol–water partition coefficient (Wildman–Crippen LogP) is 3.23. The summed E-state index contributed by atoms with van der Waals surface area (Å²) in [6, 6.07) is 11.7. The van der Waals surface area contributed by atoms with Crippen LogP contribution in [-0.4, -0.2) is 18.6 Å². The average molecular weight is 350 g/mol. The van der Waals surface area contributed by atoms with Gasteiger partial charge in [-0.15, -0.1) is 0 Å². The molecule has 0 aliphatic rings. The summed E-state index contributed by atoms with van der Waals surface area (Å²) in [4.78, 5) is -0.433. The lowest BCUT2D eigenvalue weighted by atomic mass is 10.2. The number of nitrogens with zero attached hydrogens (tertiary/aromatic N) is 1. The summed E-state index contributed by atoms with van der Waals surface area (Å²) in [6.07, 6.45) is 1.14. The van der Waals surface area contributed by atoms with Gasteiger partial charge in [0.25, 0.3) is 0 Å². The van der Waals surface area contributed by atoms with E-state index in [2.05, 4.69) is 0 Å². The molecule has 7 heteroatoms. The molecule has 2 aromatic carbocycles. The van der Waals surface area contributed by atoms with Crippen LogP contribution in [0.5, 0.6) is 11.5 Å². The molecule has 2 rings (SSSR count). The molecule has 0 amide bonds. The SMILES string of the molecule is N#C/C(=C\c1ccc(O)c(O)c1)S(=O)(=O)Cc1ccc(Cl)cc1. The predicted molar refractivity (Wildman–Crippen MR) is 87.4 cm³/mol. The molecule has 2 aromatic rings. The first-order chi connectivity index (χ1) is 10.8. The number of phenols is 2. The number of phenolic OH excluding ortho intramolecular Hbond substituents is 2. The van der Waals surface area contributed by atoms with Crippen LogP contribution in [-0.2, 0) is 15.6 Å². The lowest BCUT2D eigenvalue weighted by Crippen LogP contribution is -2.06. The smallest absolute Gasteiger partial charge is 0.192 e. The van der Waals surface area contributed by atoms with E-state index in [4.69, 9.17) is 16.9 Å². The fraction of sp³-hybridized carbons (Fsp3) is 0.0625. The number of rotatable bonds is 4. The number of hydrogen-bond acceptors (Lipinski definition) is 5. The van der Waals surface area contributed by atoms with Crippen molar-refractivity contribution in [2.45, 2.75) is 5.75 Å². The van der Waals surface area contributed by atoms with E-state index in [0.29, 0.717) is 10.6 Å². The number of sulfone groups is 1. The van der Waals surface area contributed by atoms with Crippen molar-refractivity contribution in [2.75, 3.05) is 0 Å². The Labute approximate surface area is 138 Å². The fourth-order valence-corrected chi connectivity index (χ4v) is 3.22. The standard InChI is InChI=1S/C16H12ClNO4S/c17-13-4-1-11(2-5-13)10-23(21,22)14(9-18)7-12-3-6-15(19)16(20)8-12/h1-8,19-20H,10H2/b14-7+. The maximum atomic E-state index is 12.3. The van der Waals surface area contributed by atoms with E-state index in [9.17, 15) is 18.6 Å². The number of benzene rings is 2. The van der Waals surface area contributed by atoms with Gasteiger partial charge in [0.1, 0.15) is 11.0 Å². The topological polar surface area (TPSA) is 98.4 Å². The lowest BCUT2D eigenvalue weighted by molar-refractivity contribution is 0.403. The largest absolute Gasteiger partial charge is 0.504 e. The van der Waals surface area contributed by atoms with E-state index in [0.717, 1.165) is 6.08 Å². The van der Waals surface area contributed by atoms with Crippen molar-refractivity contribution in [3.05, 3.63) is 63.5 Å². The summed E-state index contributed by atoms with van der Waals surface area (Å²) in [6.45, 7) is 0. The first-order valence-corrected chi connectivity index (χ1v) is 8.46. The van der Waals surface area contributed by atoms with Crippen LogP contribution in [0.15, 0.2) is 47.4 Å². The first kappa shape index (κ1) is 16.9. The second-order valence-corrected chi connectivity index (χ2v) is 7.15. The summed E-state index contributed by atoms with van der Waals surface area (Å²) >= 11 is 5.75. The van der Waals surface area contributed by atoms with E-state index in [1.807, 2.05) is 0 Å². The second kappa shape index (κ2) is 6.73. The highest BCUT2D eigenvalue weighted by atomic mass is 35.5. The highest BCUT2D eigenvalue weighted by molar-refractivity contribution is 7.95. The molecule has 0 heterocycles. The Bertz CT molecular complexity index is 897. The van der Waals surface area contributed by atoms with Gasteiger partial charge < -0.3 is 10.2 Å². The Balaban J connectivity index is 2.34. The normalized spacial score (nSPS) is 11.9. The van der Waals surface area contributed by atoms with Crippen molar-refractivity contribution in [1.29, 1.82) is 5.26 Å². The molecular weight excluding hydrogens is 338 g/mol. The summed E-state index contributed by atoms with van der Waals surface area (Å²) < 4.78 is 24.7. The van der Waals surface area contributed by atoms with Crippen molar-refractivity contribution in [3.63, 3.8) is 0 Å². The third-order valence-electron chi connectivity index (χ3n) is 3.01. The number of nitriles is 1. The van der Waals surface area contributed by atoms with E-state index >= 15 is 0 Å². The highest BCUT2D eigenvalue weighted by Gasteiger charge is 2.19. The minimum absolute atomic E-state index is 0.288. The Morgan fingerprint density at radius 3 is 2.35 bits per heavy atom. The van der Waals surface area contributed by atoms with Crippen molar-refractivity contribution in [1.82, 2.24) is 0 Å². The van der Waals surface area contributed by atoms with Crippen LogP contribution >= 0.6 is 11.6 Å². The number of halogens is 1. The van der Waals surface area contributed by atoms with Crippen LogP contribution in [0.3, 0.4) is 0 Å². The van der Waals surface area contributed by atoms with Gasteiger partial charge in [-0.3, -0.25) is 0 Å². The van der Waals surface area contributed by atoms with Gasteiger partial charge in [0, 0.05) is 5.02 Å². The third kappa shape index (κ3) is 4.25. The molecular formula is C16H12ClNO4S.